The molecule has 7 nitrogen and oxygen atoms in total. The van der Waals surface area contributed by atoms with Gasteiger partial charge in [-0.1, -0.05) is 11.6 Å². The summed E-state index contributed by atoms with van der Waals surface area (Å²) in [5.74, 6) is -0.228. The molecule has 0 spiro atoms. The number of amides is 2. The lowest BCUT2D eigenvalue weighted by molar-refractivity contribution is -0.117. The number of carbonyl (C=O) groups excluding carboxylic acids is 2. The van der Waals surface area contributed by atoms with E-state index in [0.717, 1.165) is 6.42 Å². The van der Waals surface area contributed by atoms with Gasteiger partial charge in [0.05, 0.1) is 10.7 Å². The Morgan fingerprint density at radius 1 is 1.43 bits per heavy atom. The fourth-order valence-corrected chi connectivity index (χ4v) is 2.49. The SMILES string of the molecule is O=C(Nc1ccc(N2CCCC2=O)c(Cl)c1)c1ncn[nH]1. The van der Waals surface area contributed by atoms with E-state index in [0.29, 0.717) is 29.4 Å². The lowest BCUT2D eigenvalue weighted by Gasteiger charge is -2.17. The van der Waals surface area contributed by atoms with Crippen molar-refractivity contribution in [3.63, 3.8) is 0 Å². The normalized spacial score (nSPS) is 14.5. The van der Waals surface area contributed by atoms with E-state index in [2.05, 4.69) is 20.5 Å². The number of nitrogens with one attached hydrogen (secondary N) is 2. The molecule has 108 valence electrons. The third kappa shape index (κ3) is 2.73. The number of hydrogen-bond acceptors (Lipinski definition) is 4. The van der Waals surface area contributed by atoms with Crippen LogP contribution in [0.3, 0.4) is 0 Å². The van der Waals surface area contributed by atoms with Gasteiger partial charge >= 0.3 is 0 Å². The standard InChI is InChI=1S/C13H12ClN5O2/c14-9-6-8(17-13(21)12-15-7-16-18-12)3-4-10(9)19-5-1-2-11(19)20/h3-4,6-7H,1-2,5H2,(H,17,21)(H,15,16,18). The maximum absolute atomic E-state index is 11.8. The van der Waals surface area contributed by atoms with E-state index in [1.807, 2.05) is 0 Å². The zero-order valence-electron chi connectivity index (χ0n) is 11.0. The van der Waals surface area contributed by atoms with Gasteiger partial charge in [-0.3, -0.25) is 14.7 Å². The molecule has 1 aromatic carbocycles. The molecule has 2 N–H and O–H groups in total. The minimum absolute atomic E-state index is 0.0651. The van der Waals surface area contributed by atoms with Crippen molar-refractivity contribution in [1.82, 2.24) is 15.2 Å². The van der Waals surface area contributed by atoms with Crippen molar-refractivity contribution in [3.05, 3.63) is 35.4 Å². The van der Waals surface area contributed by atoms with Crippen LogP contribution in [-0.2, 0) is 4.79 Å². The molecular weight excluding hydrogens is 294 g/mol. The van der Waals surface area contributed by atoms with Crippen LogP contribution in [-0.4, -0.2) is 33.5 Å². The van der Waals surface area contributed by atoms with Crippen molar-refractivity contribution >= 4 is 34.8 Å². The Morgan fingerprint density at radius 3 is 2.90 bits per heavy atom. The molecule has 2 amide bonds. The number of aromatic amines is 1. The third-order valence-electron chi connectivity index (χ3n) is 3.20. The highest BCUT2D eigenvalue weighted by Gasteiger charge is 2.23. The summed E-state index contributed by atoms with van der Waals surface area (Å²) in [6, 6.07) is 5.03. The van der Waals surface area contributed by atoms with E-state index in [4.69, 9.17) is 11.6 Å². The van der Waals surface area contributed by atoms with Crippen molar-refractivity contribution < 1.29 is 9.59 Å². The fraction of sp³-hybridized carbons (Fsp3) is 0.231. The summed E-state index contributed by atoms with van der Waals surface area (Å²) >= 11 is 6.20. The monoisotopic (exact) mass is 305 g/mol. The van der Waals surface area contributed by atoms with Crippen molar-refractivity contribution in [2.75, 3.05) is 16.8 Å². The first-order valence-electron chi connectivity index (χ1n) is 6.42. The van der Waals surface area contributed by atoms with Gasteiger partial charge in [0, 0.05) is 18.7 Å². The van der Waals surface area contributed by atoms with Crippen molar-refractivity contribution in [2.24, 2.45) is 0 Å². The zero-order chi connectivity index (χ0) is 14.8. The number of anilines is 2. The molecular formula is C13H12ClN5O2. The van der Waals surface area contributed by atoms with E-state index in [-0.39, 0.29) is 11.7 Å². The summed E-state index contributed by atoms with van der Waals surface area (Å²) in [7, 11) is 0. The van der Waals surface area contributed by atoms with E-state index in [1.54, 1.807) is 23.1 Å². The first-order valence-corrected chi connectivity index (χ1v) is 6.79. The number of hydrogen-bond donors (Lipinski definition) is 2. The molecule has 1 aromatic heterocycles. The molecule has 2 heterocycles. The molecule has 8 heteroatoms. The quantitative estimate of drug-likeness (QED) is 0.905. The summed E-state index contributed by atoms with van der Waals surface area (Å²) in [5.41, 5.74) is 1.19. The highest BCUT2D eigenvalue weighted by atomic mass is 35.5. The lowest BCUT2D eigenvalue weighted by atomic mass is 10.2. The highest BCUT2D eigenvalue weighted by molar-refractivity contribution is 6.34. The minimum atomic E-state index is -0.409. The van der Waals surface area contributed by atoms with Crippen LogP contribution >= 0.6 is 11.6 Å². The van der Waals surface area contributed by atoms with Crippen molar-refractivity contribution in [1.29, 1.82) is 0 Å². The molecule has 0 aliphatic carbocycles. The van der Waals surface area contributed by atoms with Gasteiger partial charge in [0.1, 0.15) is 6.33 Å². The number of aromatic nitrogens is 3. The zero-order valence-corrected chi connectivity index (χ0v) is 11.7. The van der Waals surface area contributed by atoms with E-state index in [1.165, 1.54) is 6.33 Å². The first-order chi connectivity index (χ1) is 10.1. The molecule has 0 atom stereocenters. The van der Waals surface area contributed by atoms with E-state index in [9.17, 15) is 9.59 Å². The second-order valence-corrected chi connectivity index (χ2v) is 5.01. The molecule has 0 unspecified atom stereocenters. The van der Waals surface area contributed by atoms with Crippen LogP contribution in [0, 0.1) is 0 Å². The molecule has 0 saturated carbocycles. The topological polar surface area (TPSA) is 91.0 Å². The van der Waals surface area contributed by atoms with Crippen LogP contribution in [0.2, 0.25) is 5.02 Å². The predicted octanol–water partition coefficient (Wildman–Crippen LogP) is 1.84. The summed E-state index contributed by atoms with van der Waals surface area (Å²) in [5, 5.41) is 9.16. The van der Waals surface area contributed by atoms with E-state index >= 15 is 0 Å². The number of nitrogens with zero attached hydrogens (tertiary/aromatic N) is 3. The van der Waals surface area contributed by atoms with Crippen molar-refractivity contribution in [3.8, 4) is 0 Å². The smallest absolute Gasteiger partial charge is 0.292 e. The van der Waals surface area contributed by atoms with Gasteiger partial charge in [0.15, 0.2) is 0 Å². The number of benzene rings is 1. The first kappa shape index (κ1) is 13.6. The molecule has 1 saturated heterocycles. The number of rotatable bonds is 3. The molecule has 21 heavy (non-hydrogen) atoms. The summed E-state index contributed by atoms with van der Waals surface area (Å²) in [6.07, 6.45) is 2.63. The van der Waals surface area contributed by atoms with Gasteiger partial charge in [-0.05, 0) is 24.6 Å². The van der Waals surface area contributed by atoms with Gasteiger partial charge in [-0.25, -0.2) is 4.98 Å². The van der Waals surface area contributed by atoms with Gasteiger partial charge in [0.2, 0.25) is 11.7 Å². The average Bonchev–Trinajstić information content (AvgIpc) is 3.10. The van der Waals surface area contributed by atoms with Gasteiger partial charge in [-0.15, -0.1) is 0 Å². The summed E-state index contributed by atoms with van der Waals surface area (Å²) in [6.45, 7) is 0.669. The molecule has 0 bridgehead atoms. The van der Waals surface area contributed by atoms with Gasteiger partial charge < -0.3 is 10.2 Å². The lowest BCUT2D eigenvalue weighted by Crippen LogP contribution is -2.24. The van der Waals surface area contributed by atoms with Gasteiger partial charge in [-0.2, -0.15) is 5.10 Å². The number of H-pyrrole nitrogens is 1. The second-order valence-electron chi connectivity index (χ2n) is 4.60. The second kappa shape index (κ2) is 5.53. The maximum atomic E-state index is 11.8. The van der Waals surface area contributed by atoms with Crippen LogP contribution in [0.1, 0.15) is 23.5 Å². The average molecular weight is 306 g/mol. The number of carbonyl (C=O) groups is 2. The Balaban J connectivity index is 1.78. The summed E-state index contributed by atoms with van der Waals surface area (Å²) in [4.78, 5) is 29.0. The molecule has 1 aliphatic heterocycles. The third-order valence-corrected chi connectivity index (χ3v) is 3.50. The van der Waals surface area contributed by atoms with Crippen LogP contribution < -0.4 is 10.2 Å². The Bertz CT molecular complexity index is 686. The minimum Gasteiger partial charge on any atom is -0.319 e. The molecule has 0 radical (unpaired) electrons. The van der Waals surface area contributed by atoms with Crippen LogP contribution in [0.15, 0.2) is 24.5 Å². The fourth-order valence-electron chi connectivity index (χ4n) is 2.21. The maximum Gasteiger partial charge on any atom is 0.292 e. The molecule has 1 aliphatic rings. The molecule has 1 fully saturated rings. The Labute approximate surface area is 125 Å². The summed E-state index contributed by atoms with van der Waals surface area (Å²) < 4.78 is 0. The Morgan fingerprint density at radius 2 is 2.29 bits per heavy atom. The van der Waals surface area contributed by atoms with Crippen molar-refractivity contribution in [2.45, 2.75) is 12.8 Å². The highest BCUT2D eigenvalue weighted by Crippen LogP contribution is 2.31. The molecule has 2 aromatic rings. The molecule has 3 rings (SSSR count). The van der Waals surface area contributed by atoms with Crippen LogP contribution in [0.4, 0.5) is 11.4 Å². The largest absolute Gasteiger partial charge is 0.319 e. The van der Waals surface area contributed by atoms with Crippen LogP contribution in [0.25, 0.3) is 0 Å². The van der Waals surface area contributed by atoms with Crippen LogP contribution in [0.5, 0.6) is 0 Å². The Hall–Kier alpha value is -2.41. The predicted molar refractivity (Wildman–Crippen MR) is 77.4 cm³/mol. The van der Waals surface area contributed by atoms with Gasteiger partial charge in [0.25, 0.3) is 5.91 Å². The Kier molecular flexibility index (Phi) is 3.57. The van der Waals surface area contributed by atoms with E-state index < -0.39 is 5.91 Å². The number of halogens is 1.